The fraction of sp³-hybridized carbons (Fsp3) is 0.105. The van der Waals surface area contributed by atoms with Crippen molar-refractivity contribution < 1.29 is 18.7 Å². The van der Waals surface area contributed by atoms with Gasteiger partial charge in [-0.25, -0.2) is 9.18 Å². The van der Waals surface area contributed by atoms with Gasteiger partial charge in [0.2, 0.25) is 0 Å². The number of nitriles is 1. The fourth-order valence-electron chi connectivity index (χ4n) is 2.03. The van der Waals surface area contributed by atoms with Gasteiger partial charge in [-0.3, -0.25) is 4.79 Å². The van der Waals surface area contributed by atoms with Gasteiger partial charge in [-0.05, 0) is 43.3 Å². The molecule has 0 fully saturated rings. The molecule has 0 unspecified atom stereocenters. The van der Waals surface area contributed by atoms with E-state index >= 15 is 0 Å². The predicted molar refractivity (Wildman–Crippen MR) is 94.7 cm³/mol. The minimum Gasteiger partial charge on any atom is -0.462 e. The number of ether oxygens (including phenoxy) is 1. The highest BCUT2D eigenvalue weighted by Gasteiger charge is 2.13. The summed E-state index contributed by atoms with van der Waals surface area (Å²) in [5.74, 6) is -1.59. The standard InChI is InChI=1S/C19H16FN3O3/c1-2-26-19(25)13(11-21)12-22-17-6-4-3-5-16(17)18(24)23-15-9-7-14(20)8-10-15/h3-10,12,22H,2H2,1H3,(H,23,24)/b13-12+. The number of esters is 1. The van der Waals surface area contributed by atoms with E-state index in [1.54, 1.807) is 37.3 Å². The second kappa shape index (κ2) is 8.99. The van der Waals surface area contributed by atoms with Crippen LogP contribution in [0.2, 0.25) is 0 Å². The van der Waals surface area contributed by atoms with Crippen LogP contribution in [0.25, 0.3) is 0 Å². The monoisotopic (exact) mass is 353 g/mol. The predicted octanol–water partition coefficient (Wildman–Crippen LogP) is 3.46. The average molecular weight is 353 g/mol. The Balaban J connectivity index is 2.19. The van der Waals surface area contributed by atoms with Gasteiger partial charge in [0.05, 0.1) is 17.9 Å². The maximum atomic E-state index is 12.9. The summed E-state index contributed by atoms with van der Waals surface area (Å²) in [6.45, 7) is 1.78. The van der Waals surface area contributed by atoms with Crippen molar-refractivity contribution in [3.05, 3.63) is 71.7 Å². The zero-order valence-corrected chi connectivity index (χ0v) is 14.0. The molecule has 2 aromatic rings. The van der Waals surface area contributed by atoms with Crippen molar-refractivity contribution in [2.45, 2.75) is 6.92 Å². The van der Waals surface area contributed by atoms with Crippen molar-refractivity contribution >= 4 is 23.3 Å². The third-order valence-electron chi connectivity index (χ3n) is 3.26. The molecular weight excluding hydrogens is 337 g/mol. The Morgan fingerprint density at radius 2 is 1.88 bits per heavy atom. The average Bonchev–Trinajstić information content (AvgIpc) is 2.64. The zero-order chi connectivity index (χ0) is 18.9. The third-order valence-corrected chi connectivity index (χ3v) is 3.26. The lowest BCUT2D eigenvalue weighted by atomic mass is 10.1. The molecule has 0 aromatic heterocycles. The van der Waals surface area contributed by atoms with Crippen LogP contribution in [0.4, 0.5) is 15.8 Å². The zero-order valence-electron chi connectivity index (χ0n) is 14.0. The van der Waals surface area contributed by atoms with E-state index in [1.807, 2.05) is 0 Å². The highest BCUT2D eigenvalue weighted by atomic mass is 19.1. The van der Waals surface area contributed by atoms with Crippen LogP contribution in [-0.4, -0.2) is 18.5 Å². The number of halogens is 1. The van der Waals surface area contributed by atoms with Gasteiger partial charge in [0.15, 0.2) is 5.57 Å². The number of nitrogens with zero attached hydrogens (tertiary/aromatic N) is 1. The van der Waals surface area contributed by atoms with Crippen LogP contribution in [0, 0.1) is 17.1 Å². The van der Waals surface area contributed by atoms with E-state index in [-0.39, 0.29) is 17.7 Å². The summed E-state index contributed by atoms with van der Waals surface area (Å²) in [5, 5.41) is 14.4. The molecule has 0 radical (unpaired) electrons. The normalized spacial score (nSPS) is 10.6. The largest absolute Gasteiger partial charge is 0.462 e. The van der Waals surface area contributed by atoms with Crippen LogP contribution in [0.1, 0.15) is 17.3 Å². The van der Waals surface area contributed by atoms with E-state index in [0.29, 0.717) is 11.4 Å². The Hall–Kier alpha value is -3.66. The second-order valence-electron chi connectivity index (χ2n) is 5.04. The molecule has 2 aromatic carbocycles. The summed E-state index contributed by atoms with van der Waals surface area (Å²) in [7, 11) is 0. The molecule has 2 N–H and O–H groups in total. The maximum Gasteiger partial charge on any atom is 0.350 e. The molecule has 7 heteroatoms. The number of nitrogens with one attached hydrogen (secondary N) is 2. The van der Waals surface area contributed by atoms with Crippen LogP contribution < -0.4 is 10.6 Å². The van der Waals surface area contributed by atoms with Gasteiger partial charge in [-0.15, -0.1) is 0 Å². The van der Waals surface area contributed by atoms with Crippen molar-refractivity contribution in [3.8, 4) is 6.07 Å². The lowest BCUT2D eigenvalue weighted by molar-refractivity contribution is -0.138. The number of amides is 1. The molecule has 0 aliphatic rings. The summed E-state index contributed by atoms with van der Waals surface area (Å²) in [5.41, 5.74) is 0.893. The van der Waals surface area contributed by atoms with E-state index < -0.39 is 17.7 Å². The van der Waals surface area contributed by atoms with Gasteiger partial charge in [0.1, 0.15) is 11.9 Å². The first-order valence-electron chi connectivity index (χ1n) is 7.75. The van der Waals surface area contributed by atoms with Crippen molar-refractivity contribution in [2.75, 3.05) is 17.2 Å². The Morgan fingerprint density at radius 3 is 2.54 bits per heavy atom. The topological polar surface area (TPSA) is 91.2 Å². The molecule has 132 valence electrons. The van der Waals surface area contributed by atoms with E-state index in [0.717, 1.165) is 0 Å². The Morgan fingerprint density at radius 1 is 1.19 bits per heavy atom. The number of para-hydroxylation sites is 1. The first-order valence-corrected chi connectivity index (χ1v) is 7.75. The molecular formula is C19H16FN3O3. The van der Waals surface area contributed by atoms with E-state index in [4.69, 9.17) is 10.00 Å². The fourth-order valence-corrected chi connectivity index (χ4v) is 2.03. The highest BCUT2D eigenvalue weighted by Crippen LogP contribution is 2.18. The first kappa shape index (κ1) is 18.7. The lowest BCUT2D eigenvalue weighted by Gasteiger charge is -2.10. The molecule has 0 aliphatic heterocycles. The van der Waals surface area contributed by atoms with Gasteiger partial charge < -0.3 is 15.4 Å². The Kier molecular flexibility index (Phi) is 6.46. The van der Waals surface area contributed by atoms with Crippen LogP contribution in [0.3, 0.4) is 0 Å². The highest BCUT2D eigenvalue weighted by molar-refractivity contribution is 6.08. The maximum absolute atomic E-state index is 12.9. The number of rotatable bonds is 6. The third kappa shape index (κ3) is 4.92. The number of hydrogen-bond donors (Lipinski definition) is 2. The van der Waals surface area contributed by atoms with E-state index in [9.17, 15) is 14.0 Å². The molecule has 0 saturated heterocycles. The molecule has 0 bridgehead atoms. The molecule has 0 aliphatic carbocycles. The van der Waals surface area contributed by atoms with Gasteiger partial charge in [-0.2, -0.15) is 5.26 Å². The molecule has 0 spiro atoms. The first-order chi connectivity index (χ1) is 12.5. The van der Waals surface area contributed by atoms with E-state index in [1.165, 1.54) is 30.5 Å². The molecule has 0 heterocycles. The smallest absolute Gasteiger partial charge is 0.350 e. The summed E-state index contributed by atoms with van der Waals surface area (Å²) >= 11 is 0. The summed E-state index contributed by atoms with van der Waals surface area (Å²) in [6, 6.07) is 13.7. The van der Waals surface area contributed by atoms with Gasteiger partial charge >= 0.3 is 5.97 Å². The quantitative estimate of drug-likeness (QED) is 0.471. The molecule has 0 atom stereocenters. The Bertz CT molecular complexity index is 870. The van der Waals surface area contributed by atoms with Gasteiger partial charge in [0.25, 0.3) is 5.91 Å². The molecule has 26 heavy (non-hydrogen) atoms. The number of anilines is 2. The lowest BCUT2D eigenvalue weighted by Crippen LogP contribution is -2.14. The van der Waals surface area contributed by atoms with Crippen molar-refractivity contribution in [3.63, 3.8) is 0 Å². The number of benzene rings is 2. The minimum atomic E-state index is -0.754. The van der Waals surface area contributed by atoms with E-state index in [2.05, 4.69) is 10.6 Å². The number of carbonyl (C=O) groups is 2. The van der Waals surface area contributed by atoms with Gasteiger partial charge in [-0.1, -0.05) is 12.1 Å². The number of carbonyl (C=O) groups excluding carboxylic acids is 2. The number of hydrogen-bond acceptors (Lipinski definition) is 5. The molecule has 6 nitrogen and oxygen atoms in total. The van der Waals surface area contributed by atoms with Crippen molar-refractivity contribution in [1.82, 2.24) is 0 Å². The second-order valence-corrected chi connectivity index (χ2v) is 5.04. The van der Waals surface area contributed by atoms with Crippen molar-refractivity contribution in [2.24, 2.45) is 0 Å². The molecule has 1 amide bonds. The van der Waals surface area contributed by atoms with Crippen molar-refractivity contribution in [1.29, 1.82) is 5.26 Å². The summed E-state index contributed by atoms with van der Waals surface area (Å²) < 4.78 is 17.7. The summed E-state index contributed by atoms with van der Waals surface area (Å²) in [6.07, 6.45) is 1.18. The molecule has 0 saturated carbocycles. The van der Waals surface area contributed by atoms with Crippen LogP contribution >= 0.6 is 0 Å². The van der Waals surface area contributed by atoms with Crippen LogP contribution in [-0.2, 0) is 9.53 Å². The minimum absolute atomic E-state index is 0.147. The van der Waals surface area contributed by atoms with Crippen LogP contribution in [0.5, 0.6) is 0 Å². The summed E-state index contributed by atoms with van der Waals surface area (Å²) in [4.78, 5) is 24.1. The molecule has 2 rings (SSSR count). The van der Waals surface area contributed by atoms with Crippen LogP contribution in [0.15, 0.2) is 60.3 Å². The van der Waals surface area contributed by atoms with Gasteiger partial charge in [0, 0.05) is 11.9 Å². The SMILES string of the molecule is CCOC(=O)/C(C#N)=C/Nc1ccccc1C(=O)Nc1ccc(F)cc1. The Labute approximate surface area is 149 Å².